The maximum Gasteiger partial charge on any atom is 0.485 e. The van der Waals surface area contributed by atoms with Gasteiger partial charge in [-0.15, -0.1) is 0 Å². The summed E-state index contributed by atoms with van der Waals surface area (Å²) in [7, 11) is -4.40. The normalized spacial score (nSPS) is 11.7. The van der Waals surface area contributed by atoms with E-state index in [1.165, 1.54) is 5.39 Å². The van der Waals surface area contributed by atoms with Crippen molar-refractivity contribution in [1.82, 2.24) is 0 Å². The molecule has 5 aromatic rings. The Kier molecular flexibility index (Phi) is 7.40. The quantitative estimate of drug-likeness (QED) is 0.110. The van der Waals surface area contributed by atoms with E-state index in [1.807, 2.05) is 30.3 Å². The van der Waals surface area contributed by atoms with Gasteiger partial charge in [0.25, 0.3) is 0 Å². The van der Waals surface area contributed by atoms with Gasteiger partial charge in [-0.1, -0.05) is 29.8 Å². The molecule has 0 saturated heterocycles. The second kappa shape index (κ2) is 10.4. The molecule has 0 fully saturated rings. The van der Waals surface area contributed by atoms with Crippen molar-refractivity contribution in [2.75, 3.05) is 7.11 Å². The lowest BCUT2D eigenvalue weighted by Crippen LogP contribution is -2.28. The van der Waals surface area contributed by atoms with Gasteiger partial charge in [-0.05, 0) is 66.0 Å². The average molecular weight is 546 g/mol. The van der Waals surface area contributed by atoms with E-state index < -0.39 is 15.6 Å². The number of hydrogen-bond acceptors (Lipinski definition) is 4. The van der Waals surface area contributed by atoms with E-state index in [0.717, 1.165) is 44.2 Å². The summed E-state index contributed by atoms with van der Waals surface area (Å²) in [6.45, 7) is 0. The molecule has 10 heteroatoms. The van der Waals surface area contributed by atoms with Crippen LogP contribution in [0.5, 0.6) is 5.75 Å². The van der Waals surface area contributed by atoms with Crippen molar-refractivity contribution >= 4 is 38.0 Å². The van der Waals surface area contributed by atoms with Gasteiger partial charge in [0.2, 0.25) is 16.9 Å². The number of halogens is 4. The number of ether oxygens (including phenoxy) is 1. The Morgan fingerprint density at radius 1 is 0.811 bits per heavy atom. The predicted octanol–water partition coefficient (Wildman–Crippen LogP) is 6.63. The molecule has 2 aromatic heterocycles. The van der Waals surface area contributed by atoms with E-state index >= 15 is 0 Å². The molecule has 2 heterocycles. The summed E-state index contributed by atoms with van der Waals surface area (Å²) in [5.74, 6) is 0.849. The van der Waals surface area contributed by atoms with E-state index in [4.69, 9.17) is 29.3 Å². The molecule has 0 amide bonds. The number of rotatable bonds is 3. The molecule has 37 heavy (non-hydrogen) atoms. The zero-order chi connectivity index (χ0) is 26.8. The van der Waals surface area contributed by atoms with Crippen LogP contribution in [0.4, 0.5) is 13.2 Å². The minimum atomic E-state index is -6.09. The highest BCUT2D eigenvalue weighted by Crippen LogP contribution is 2.29. The van der Waals surface area contributed by atoms with Crippen LogP contribution in [-0.2, 0) is 10.1 Å². The number of alkyl halides is 3. The summed E-state index contributed by atoms with van der Waals surface area (Å²) in [4.78, 5) is 0. The van der Waals surface area contributed by atoms with Gasteiger partial charge in [0.15, 0.2) is 10.1 Å². The summed E-state index contributed by atoms with van der Waals surface area (Å²) in [5, 5.41) is 3.04. The highest BCUT2D eigenvalue weighted by atomic mass is 35.5. The van der Waals surface area contributed by atoms with Crippen LogP contribution in [0.1, 0.15) is 0 Å². The van der Waals surface area contributed by atoms with Crippen molar-refractivity contribution in [1.29, 1.82) is 0 Å². The van der Waals surface area contributed by atoms with Gasteiger partial charge in [0, 0.05) is 34.3 Å². The number of aromatic nitrogens is 1. The monoisotopic (exact) mass is 545 g/mol. The minimum absolute atomic E-state index is 0.743. The van der Waals surface area contributed by atoms with Crippen molar-refractivity contribution < 1.29 is 35.3 Å². The molecule has 0 spiro atoms. The standard InChI is InChI=1S/C26H19ClNO.CHF3O3S/c1-29-22-13-10-19(11-14-22)24-8-5-9-25-23-15-12-21(27)16-20(23)17-26(28(24)25)18-6-3-2-4-7-18;2-1(3,4)8(5,6)7/h2-17H,1H3;(H,5,6,7)/q+1;/p-1. The van der Waals surface area contributed by atoms with Crippen LogP contribution < -0.4 is 9.14 Å². The molecule has 0 radical (unpaired) electrons. The lowest BCUT2D eigenvalue weighted by molar-refractivity contribution is -0.485. The number of methoxy groups -OCH3 is 1. The Labute approximate surface area is 216 Å². The second-order valence-electron chi connectivity index (χ2n) is 7.89. The van der Waals surface area contributed by atoms with Gasteiger partial charge >= 0.3 is 5.51 Å². The fourth-order valence-electron chi connectivity index (χ4n) is 3.89. The zero-order valence-corrected chi connectivity index (χ0v) is 20.8. The molecule has 0 atom stereocenters. The zero-order valence-electron chi connectivity index (χ0n) is 19.2. The predicted molar refractivity (Wildman–Crippen MR) is 135 cm³/mol. The summed E-state index contributed by atoms with van der Waals surface area (Å²) < 4.78 is 66.6. The molecular weight excluding hydrogens is 527 g/mol. The molecule has 0 saturated carbocycles. The van der Waals surface area contributed by atoms with E-state index in [9.17, 15) is 13.2 Å². The van der Waals surface area contributed by atoms with E-state index in [2.05, 4.69) is 71.1 Å². The summed E-state index contributed by atoms with van der Waals surface area (Å²) in [6.07, 6.45) is 0. The van der Waals surface area contributed by atoms with Crippen molar-refractivity contribution in [3.63, 3.8) is 0 Å². The summed E-state index contributed by atoms with van der Waals surface area (Å²) in [5.41, 5.74) is 0.0405. The Morgan fingerprint density at radius 3 is 2.03 bits per heavy atom. The Morgan fingerprint density at radius 2 is 1.43 bits per heavy atom. The second-order valence-corrected chi connectivity index (χ2v) is 9.69. The third-order valence-corrected chi connectivity index (χ3v) is 6.35. The molecule has 0 aliphatic heterocycles. The van der Waals surface area contributed by atoms with Crippen molar-refractivity contribution in [2.24, 2.45) is 0 Å². The van der Waals surface area contributed by atoms with Crippen LogP contribution in [0.25, 0.3) is 38.8 Å². The number of fused-ring (bicyclic) bond motifs is 3. The van der Waals surface area contributed by atoms with Crippen molar-refractivity contribution in [3.8, 4) is 28.3 Å². The molecule has 0 bridgehead atoms. The SMILES string of the molecule is COc1ccc(-c2cccc3c4ccc(Cl)cc4cc(-c4ccccc4)[n+]23)cc1.O=S(=O)([O-])C(F)(F)F. The first kappa shape index (κ1) is 26.4. The highest BCUT2D eigenvalue weighted by molar-refractivity contribution is 7.86. The molecular formula is C27H19ClF3NO4S. The maximum absolute atomic E-state index is 10.7. The van der Waals surface area contributed by atoms with Crippen LogP contribution in [-0.4, -0.2) is 25.6 Å². The van der Waals surface area contributed by atoms with Crippen LogP contribution >= 0.6 is 11.6 Å². The van der Waals surface area contributed by atoms with Gasteiger partial charge in [-0.25, -0.2) is 8.42 Å². The van der Waals surface area contributed by atoms with Crippen molar-refractivity contribution in [3.05, 3.63) is 102 Å². The fraction of sp³-hybridized carbons (Fsp3) is 0.0741. The maximum atomic E-state index is 10.7. The molecule has 0 aliphatic rings. The topological polar surface area (TPSA) is 70.5 Å². The van der Waals surface area contributed by atoms with Crippen LogP contribution in [0.15, 0.2) is 97.1 Å². The Balaban J connectivity index is 0.000000349. The number of pyridine rings is 2. The molecule has 0 aliphatic carbocycles. The largest absolute Gasteiger partial charge is 0.741 e. The smallest absolute Gasteiger partial charge is 0.485 e. The lowest BCUT2D eigenvalue weighted by Gasteiger charge is -2.09. The first-order valence-electron chi connectivity index (χ1n) is 10.8. The van der Waals surface area contributed by atoms with E-state index in [0.29, 0.717) is 0 Å². The van der Waals surface area contributed by atoms with E-state index in [1.54, 1.807) is 7.11 Å². The van der Waals surface area contributed by atoms with E-state index in [-0.39, 0.29) is 0 Å². The minimum Gasteiger partial charge on any atom is -0.741 e. The molecule has 5 rings (SSSR count). The summed E-state index contributed by atoms with van der Waals surface area (Å²) in [6, 6.07) is 33.4. The first-order valence-corrected chi connectivity index (χ1v) is 12.6. The van der Waals surface area contributed by atoms with Crippen LogP contribution in [0.3, 0.4) is 0 Å². The third-order valence-electron chi connectivity index (χ3n) is 5.55. The number of nitrogens with zero attached hydrogens (tertiary/aromatic N) is 1. The fourth-order valence-corrected chi connectivity index (χ4v) is 4.07. The Bertz CT molecular complexity index is 1670. The lowest BCUT2D eigenvalue weighted by atomic mass is 10.0. The van der Waals surface area contributed by atoms with Gasteiger partial charge in [-0.2, -0.15) is 17.6 Å². The molecule has 5 nitrogen and oxygen atoms in total. The number of benzene rings is 3. The summed E-state index contributed by atoms with van der Waals surface area (Å²) >= 11 is 6.31. The molecule has 3 aromatic carbocycles. The molecule has 0 unspecified atom stereocenters. The van der Waals surface area contributed by atoms with Gasteiger partial charge in [0.05, 0.1) is 12.5 Å². The molecule has 190 valence electrons. The van der Waals surface area contributed by atoms with Crippen LogP contribution in [0.2, 0.25) is 5.02 Å². The van der Waals surface area contributed by atoms with Gasteiger partial charge < -0.3 is 9.29 Å². The molecule has 0 N–H and O–H groups in total. The van der Waals surface area contributed by atoms with Gasteiger partial charge in [-0.3, -0.25) is 0 Å². The first-order chi connectivity index (χ1) is 17.5. The van der Waals surface area contributed by atoms with Gasteiger partial charge in [0.1, 0.15) is 5.75 Å². The average Bonchev–Trinajstić information content (AvgIpc) is 2.87. The highest BCUT2D eigenvalue weighted by Gasteiger charge is 2.36. The third kappa shape index (κ3) is 5.69. The van der Waals surface area contributed by atoms with Crippen molar-refractivity contribution in [2.45, 2.75) is 5.51 Å². The number of hydrogen-bond donors (Lipinski definition) is 0. The van der Waals surface area contributed by atoms with Crippen LogP contribution in [0, 0.1) is 0 Å². The Hall–Kier alpha value is -3.66.